The van der Waals surface area contributed by atoms with Gasteiger partial charge in [0.1, 0.15) is 11.4 Å². The Kier molecular flexibility index (Phi) is 8.16. The number of fused-ring (bicyclic) bond motifs is 1. The molecule has 40 heavy (non-hydrogen) atoms. The highest BCUT2D eigenvalue weighted by Gasteiger charge is 2.49. The van der Waals surface area contributed by atoms with Crippen LogP contribution in [-0.4, -0.2) is 42.6 Å². The summed E-state index contributed by atoms with van der Waals surface area (Å²) in [7, 11) is 0. The number of likely N-dealkylation sites (tertiary alicyclic amines) is 1. The summed E-state index contributed by atoms with van der Waals surface area (Å²) in [5, 5.41) is 0. The lowest BCUT2D eigenvalue weighted by atomic mass is 9.77. The summed E-state index contributed by atoms with van der Waals surface area (Å²) in [4.78, 5) is 14.3. The third kappa shape index (κ3) is 6.88. The molecule has 1 amide bonds. The first-order valence-corrected chi connectivity index (χ1v) is 12.7. The normalized spacial score (nSPS) is 24.5. The number of nitrogens with zero attached hydrogens (tertiary/aromatic N) is 1. The number of halogens is 7. The zero-order valence-corrected chi connectivity index (χ0v) is 22.3. The molecule has 0 bridgehead atoms. The molecule has 0 radical (unpaired) electrons. The molecule has 12 heteroatoms. The molecule has 2 aliphatic rings. The number of hydrogen-bond acceptors (Lipinski definition) is 4. The Bertz CT molecular complexity index is 1170. The van der Waals surface area contributed by atoms with Crippen LogP contribution in [0.1, 0.15) is 62.0 Å². The molecular weight excluding hydrogens is 547 g/mol. The molecule has 2 aliphatic heterocycles. The van der Waals surface area contributed by atoms with E-state index in [1.54, 1.807) is 20.8 Å². The molecule has 4 rings (SSSR count). The van der Waals surface area contributed by atoms with Crippen molar-refractivity contribution in [3.05, 3.63) is 70.5 Å². The van der Waals surface area contributed by atoms with Crippen LogP contribution in [0.15, 0.2) is 42.5 Å². The lowest BCUT2D eigenvalue weighted by Gasteiger charge is -2.40. The van der Waals surface area contributed by atoms with E-state index in [-0.39, 0.29) is 36.6 Å². The summed E-state index contributed by atoms with van der Waals surface area (Å²) >= 11 is 0. The molecule has 2 aromatic rings. The third-order valence-electron chi connectivity index (χ3n) is 7.04. The van der Waals surface area contributed by atoms with Crippen molar-refractivity contribution in [2.75, 3.05) is 19.7 Å². The average molecular weight is 578 g/mol. The summed E-state index contributed by atoms with van der Waals surface area (Å²) < 4.78 is 112. The van der Waals surface area contributed by atoms with Crippen molar-refractivity contribution >= 4 is 6.09 Å². The van der Waals surface area contributed by atoms with Crippen molar-refractivity contribution in [2.24, 2.45) is 11.8 Å². The molecule has 0 aliphatic carbocycles. The molecule has 0 spiro atoms. The van der Waals surface area contributed by atoms with Gasteiger partial charge in [-0.1, -0.05) is 12.1 Å². The van der Waals surface area contributed by atoms with Crippen molar-refractivity contribution in [2.45, 2.75) is 64.0 Å². The van der Waals surface area contributed by atoms with Gasteiger partial charge in [0.25, 0.3) is 0 Å². The second-order valence-electron chi connectivity index (χ2n) is 11.2. The van der Waals surface area contributed by atoms with Crippen molar-refractivity contribution in [3.8, 4) is 0 Å². The highest BCUT2D eigenvalue weighted by Crippen LogP contribution is 2.45. The predicted molar refractivity (Wildman–Crippen MR) is 130 cm³/mol. The Balaban J connectivity index is 1.64. The number of benzene rings is 2. The fourth-order valence-electron chi connectivity index (χ4n) is 5.19. The van der Waals surface area contributed by atoms with Gasteiger partial charge in [0, 0.05) is 24.9 Å². The molecule has 2 fully saturated rings. The van der Waals surface area contributed by atoms with Crippen LogP contribution in [-0.2, 0) is 26.6 Å². The minimum atomic E-state index is -5.00. The van der Waals surface area contributed by atoms with Crippen LogP contribution in [0, 0.1) is 17.7 Å². The van der Waals surface area contributed by atoms with Crippen LogP contribution in [0.25, 0.3) is 0 Å². The Morgan fingerprint density at radius 2 is 1.52 bits per heavy atom. The van der Waals surface area contributed by atoms with Crippen LogP contribution in [0.4, 0.5) is 35.5 Å². The summed E-state index contributed by atoms with van der Waals surface area (Å²) in [5.41, 5.74) is -3.35. The first-order valence-electron chi connectivity index (χ1n) is 12.7. The topological polar surface area (TPSA) is 48.0 Å². The quantitative estimate of drug-likeness (QED) is 0.352. The van der Waals surface area contributed by atoms with E-state index in [2.05, 4.69) is 0 Å². The predicted octanol–water partition coefficient (Wildman–Crippen LogP) is 7.56. The van der Waals surface area contributed by atoms with Crippen molar-refractivity contribution in [1.82, 2.24) is 4.90 Å². The third-order valence-corrected chi connectivity index (χ3v) is 7.04. The van der Waals surface area contributed by atoms with Gasteiger partial charge in [0.15, 0.2) is 6.29 Å². The van der Waals surface area contributed by atoms with E-state index in [0.717, 1.165) is 0 Å². The van der Waals surface area contributed by atoms with Gasteiger partial charge in [0.05, 0.1) is 23.8 Å². The largest absolute Gasteiger partial charge is 0.444 e. The van der Waals surface area contributed by atoms with Crippen LogP contribution < -0.4 is 0 Å². The van der Waals surface area contributed by atoms with E-state index in [1.165, 1.54) is 36.1 Å². The summed E-state index contributed by atoms with van der Waals surface area (Å²) in [6.07, 6.45) is -12.8. The van der Waals surface area contributed by atoms with Gasteiger partial charge in [-0.15, -0.1) is 0 Å². The Hall–Kier alpha value is -2.86. The highest BCUT2D eigenvalue weighted by atomic mass is 19.4. The Morgan fingerprint density at radius 3 is 2.05 bits per heavy atom. The number of amides is 1. The average Bonchev–Trinajstić information content (AvgIpc) is 3.27. The van der Waals surface area contributed by atoms with Crippen LogP contribution in [0.3, 0.4) is 0 Å². The molecule has 220 valence electrons. The molecule has 0 aromatic heterocycles. The second-order valence-corrected chi connectivity index (χ2v) is 11.2. The molecule has 2 heterocycles. The lowest BCUT2D eigenvalue weighted by molar-refractivity contribution is -0.217. The van der Waals surface area contributed by atoms with E-state index in [9.17, 15) is 35.5 Å². The van der Waals surface area contributed by atoms with Crippen LogP contribution in [0.2, 0.25) is 0 Å². The number of carbonyl (C=O) groups is 1. The van der Waals surface area contributed by atoms with Crippen LogP contribution >= 0.6 is 0 Å². The molecule has 0 saturated carbocycles. The lowest BCUT2D eigenvalue weighted by Crippen LogP contribution is -2.42. The first-order chi connectivity index (χ1) is 18.4. The number of alkyl halides is 6. The number of carbonyl (C=O) groups excluding carboxylic acids is 1. The Labute approximate surface area is 227 Å². The van der Waals surface area contributed by atoms with Gasteiger partial charge in [0.2, 0.25) is 0 Å². The van der Waals surface area contributed by atoms with E-state index in [0.29, 0.717) is 24.2 Å². The van der Waals surface area contributed by atoms with Crippen molar-refractivity contribution in [3.63, 3.8) is 0 Å². The van der Waals surface area contributed by atoms with Crippen molar-refractivity contribution in [1.29, 1.82) is 0 Å². The van der Waals surface area contributed by atoms with E-state index >= 15 is 0 Å². The minimum absolute atomic E-state index is 0.0586. The minimum Gasteiger partial charge on any atom is -0.444 e. The van der Waals surface area contributed by atoms with Crippen LogP contribution in [0.5, 0.6) is 0 Å². The maximum atomic E-state index is 13.7. The smallest absolute Gasteiger partial charge is 0.416 e. The van der Waals surface area contributed by atoms with E-state index < -0.39 is 59.3 Å². The maximum absolute atomic E-state index is 13.7. The highest BCUT2D eigenvalue weighted by molar-refractivity contribution is 5.68. The molecule has 5 atom stereocenters. The monoisotopic (exact) mass is 577 g/mol. The maximum Gasteiger partial charge on any atom is 0.416 e. The van der Waals surface area contributed by atoms with E-state index in [1.807, 2.05) is 0 Å². The molecule has 2 aromatic carbocycles. The molecule has 5 nitrogen and oxygen atoms in total. The summed E-state index contributed by atoms with van der Waals surface area (Å²) in [6, 6.07) is 6.83. The first kappa shape index (κ1) is 30.1. The number of ether oxygens (including phenoxy) is 3. The number of rotatable bonds is 4. The number of hydrogen-bond donors (Lipinski definition) is 0. The Morgan fingerprint density at radius 1 is 0.950 bits per heavy atom. The molecule has 0 N–H and O–H groups in total. The summed E-state index contributed by atoms with van der Waals surface area (Å²) in [6.45, 7) is 7.26. The molecular formula is C28H30F7NO4. The van der Waals surface area contributed by atoms with E-state index in [4.69, 9.17) is 14.2 Å². The summed E-state index contributed by atoms with van der Waals surface area (Å²) in [5.74, 6) is -1.49. The second kappa shape index (κ2) is 10.8. The van der Waals surface area contributed by atoms with Gasteiger partial charge < -0.3 is 19.1 Å². The zero-order valence-electron chi connectivity index (χ0n) is 22.3. The van der Waals surface area contributed by atoms with Gasteiger partial charge in [-0.3, -0.25) is 0 Å². The van der Waals surface area contributed by atoms with Gasteiger partial charge in [-0.05, 0) is 75.1 Å². The standard InChI is InChI=1S/C28H30F7NO4/c1-15(17-9-19(27(30,31)32)11-20(10-17)28(33,34)35)39-24-23(16-5-7-21(29)8-6-16)22-13-36(12-18(22)14-38-24)25(37)40-26(2,3)4/h5-11,15,18,22-24H,12-14H2,1-4H3/t15-,18+,22-,23+,24+/m1/s1. The fraction of sp³-hybridized carbons (Fsp3) is 0.536. The zero-order chi connectivity index (χ0) is 29.6. The molecule has 2 saturated heterocycles. The van der Waals surface area contributed by atoms with Gasteiger partial charge in [-0.25, -0.2) is 9.18 Å². The molecule has 0 unspecified atom stereocenters. The van der Waals surface area contributed by atoms with Gasteiger partial charge in [-0.2, -0.15) is 26.3 Å². The SMILES string of the molecule is C[C@@H](O[C@@H]1OC[C@@H]2CN(C(=O)OC(C)(C)C)C[C@H]2[C@@H]1c1ccc(F)cc1)c1cc(C(F)(F)F)cc(C(F)(F)F)c1. The van der Waals surface area contributed by atoms with Gasteiger partial charge >= 0.3 is 18.4 Å². The fourth-order valence-corrected chi connectivity index (χ4v) is 5.19. The van der Waals surface area contributed by atoms with Crippen molar-refractivity contribution < 1.29 is 49.7 Å².